The maximum atomic E-state index is 13.6. The molecule has 2 rings (SSSR count). The molecular weight excluding hydrogens is 350 g/mol. The number of benzene rings is 1. The van der Waals surface area contributed by atoms with Gasteiger partial charge in [0.05, 0.1) is 5.75 Å². The van der Waals surface area contributed by atoms with Gasteiger partial charge in [-0.25, -0.2) is 22.2 Å². The molecule has 6 nitrogen and oxygen atoms in total. The molecule has 0 spiro atoms. The normalized spacial score (nSPS) is 11.6. The molecule has 1 aromatic heterocycles. The summed E-state index contributed by atoms with van der Waals surface area (Å²) in [6, 6.07) is 8.39. The van der Waals surface area contributed by atoms with Crippen molar-refractivity contribution in [2.24, 2.45) is 0 Å². The molecule has 136 valence electrons. The van der Waals surface area contributed by atoms with E-state index in [1.54, 1.807) is 58.5 Å². The molecule has 0 saturated heterocycles. The van der Waals surface area contributed by atoms with Crippen molar-refractivity contribution in [1.29, 1.82) is 0 Å². The number of anilines is 2. The number of rotatable bonds is 6. The summed E-state index contributed by atoms with van der Waals surface area (Å²) < 4.78 is 52.9. The van der Waals surface area contributed by atoms with Gasteiger partial charge in [-0.2, -0.15) is 4.98 Å². The van der Waals surface area contributed by atoms with Crippen molar-refractivity contribution in [3.63, 3.8) is 0 Å². The zero-order valence-electron chi connectivity index (χ0n) is 14.4. The van der Waals surface area contributed by atoms with Crippen LogP contribution in [-0.2, 0) is 15.6 Å². The van der Waals surface area contributed by atoms with E-state index in [0.717, 1.165) is 0 Å². The Hall–Kier alpha value is -2.29. The topological polar surface area (TPSA) is 66.4 Å². The lowest BCUT2D eigenvalue weighted by Gasteiger charge is -2.21. The van der Waals surface area contributed by atoms with E-state index < -0.39 is 32.6 Å². The molecule has 0 fully saturated rings. The van der Waals surface area contributed by atoms with Crippen LogP contribution >= 0.6 is 0 Å². The van der Waals surface area contributed by atoms with Gasteiger partial charge in [0.1, 0.15) is 10.6 Å². The lowest BCUT2D eigenvalue weighted by Crippen LogP contribution is -2.23. The fourth-order valence-corrected chi connectivity index (χ4v) is 3.99. The summed E-state index contributed by atoms with van der Waals surface area (Å²) in [5.74, 6) is -0.429. The number of halogens is 2. The van der Waals surface area contributed by atoms with Crippen molar-refractivity contribution in [2.75, 3.05) is 38.0 Å². The molecule has 0 saturated carbocycles. The SMILES string of the molecule is CN(C)c1nc(C(F)F)c(S(=O)(=O)Cc2ccccc2)c(N(C)C)n1. The van der Waals surface area contributed by atoms with Gasteiger partial charge in [-0.15, -0.1) is 0 Å². The lowest BCUT2D eigenvalue weighted by atomic mass is 10.2. The monoisotopic (exact) mass is 370 g/mol. The van der Waals surface area contributed by atoms with Crippen molar-refractivity contribution in [3.05, 3.63) is 41.6 Å². The minimum absolute atomic E-state index is 0.0256. The van der Waals surface area contributed by atoms with E-state index >= 15 is 0 Å². The van der Waals surface area contributed by atoms with E-state index in [2.05, 4.69) is 9.97 Å². The van der Waals surface area contributed by atoms with Crippen LogP contribution < -0.4 is 9.80 Å². The highest BCUT2D eigenvalue weighted by atomic mass is 32.2. The summed E-state index contributed by atoms with van der Waals surface area (Å²) >= 11 is 0. The van der Waals surface area contributed by atoms with Crippen LogP contribution in [0.2, 0.25) is 0 Å². The van der Waals surface area contributed by atoms with Crippen molar-refractivity contribution < 1.29 is 17.2 Å². The van der Waals surface area contributed by atoms with Crippen molar-refractivity contribution >= 4 is 21.6 Å². The Kier molecular flexibility index (Phi) is 5.56. The van der Waals surface area contributed by atoms with Crippen molar-refractivity contribution in [1.82, 2.24) is 9.97 Å². The van der Waals surface area contributed by atoms with Crippen molar-refractivity contribution in [3.8, 4) is 0 Å². The van der Waals surface area contributed by atoms with Gasteiger partial charge >= 0.3 is 0 Å². The first-order valence-electron chi connectivity index (χ1n) is 7.45. The fraction of sp³-hybridized carbons (Fsp3) is 0.375. The van der Waals surface area contributed by atoms with Crippen LogP contribution in [0.5, 0.6) is 0 Å². The maximum Gasteiger partial charge on any atom is 0.281 e. The van der Waals surface area contributed by atoms with Gasteiger partial charge in [0.15, 0.2) is 15.7 Å². The molecule has 2 aromatic rings. The highest BCUT2D eigenvalue weighted by Crippen LogP contribution is 2.34. The van der Waals surface area contributed by atoms with Crippen LogP contribution in [0.4, 0.5) is 20.5 Å². The Morgan fingerprint density at radius 2 is 1.60 bits per heavy atom. The second-order valence-corrected chi connectivity index (χ2v) is 7.82. The predicted octanol–water partition coefficient (Wildman–Crippen LogP) is 2.52. The molecule has 1 aromatic carbocycles. The molecule has 0 N–H and O–H groups in total. The average molecular weight is 370 g/mol. The number of hydrogen-bond acceptors (Lipinski definition) is 6. The number of nitrogens with zero attached hydrogens (tertiary/aromatic N) is 4. The number of alkyl halides is 2. The first kappa shape index (κ1) is 19.0. The molecular formula is C16H20F2N4O2S. The van der Waals surface area contributed by atoms with Crippen LogP contribution in [0.3, 0.4) is 0 Å². The standard InChI is InChI=1S/C16H20F2N4O2S/c1-21(2)15-13(12(14(17)18)19-16(20-15)22(3)4)25(23,24)10-11-8-6-5-7-9-11/h5-9,14H,10H2,1-4H3. The van der Waals surface area contributed by atoms with E-state index in [4.69, 9.17) is 0 Å². The summed E-state index contributed by atoms with van der Waals surface area (Å²) in [7, 11) is 2.23. The Morgan fingerprint density at radius 3 is 2.08 bits per heavy atom. The molecule has 0 aliphatic rings. The molecule has 9 heteroatoms. The second kappa shape index (κ2) is 7.30. The van der Waals surface area contributed by atoms with E-state index in [0.29, 0.717) is 5.56 Å². The Labute approximate surface area is 146 Å². The zero-order chi connectivity index (χ0) is 18.8. The van der Waals surface area contributed by atoms with Gasteiger partial charge < -0.3 is 9.80 Å². The van der Waals surface area contributed by atoms with Gasteiger partial charge in [0.25, 0.3) is 6.43 Å². The number of sulfone groups is 1. The Morgan fingerprint density at radius 1 is 1.00 bits per heavy atom. The number of hydrogen-bond donors (Lipinski definition) is 0. The van der Waals surface area contributed by atoms with Crippen LogP contribution in [0.25, 0.3) is 0 Å². The Bertz CT molecular complexity index is 811. The van der Waals surface area contributed by atoms with Gasteiger partial charge in [-0.3, -0.25) is 0 Å². The van der Waals surface area contributed by atoms with E-state index in [1.165, 1.54) is 9.80 Å². The zero-order valence-corrected chi connectivity index (χ0v) is 15.3. The largest absolute Gasteiger partial charge is 0.361 e. The van der Waals surface area contributed by atoms with E-state index in [9.17, 15) is 17.2 Å². The van der Waals surface area contributed by atoms with E-state index in [-0.39, 0.29) is 11.8 Å². The summed E-state index contributed by atoms with van der Waals surface area (Å²) in [6.45, 7) is 0. The third-order valence-corrected chi connectivity index (χ3v) is 5.13. The predicted molar refractivity (Wildman–Crippen MR) is 93.0 cm³/mol. The van der Waals surface area contributed by atoms with Crippen LogP contribution in [0.1, 0.15) is 17.7 Å². The summed E-state index contributed by atoms with van der Waals surface area (Å²) in [6.07, 6.45) is -3.04. The van der Waals surface area contributed by atoms with Gasteiger partial charge in [0.2, 0.25) is 5.95 Å². The van der Waals surface area contributed by atoms with Crippen LogP contribution in [0, 0.1) is 0 Å². The quantitative estimate of drug-likeness (QED) is 0.778. The second-order valence-electron chi connectivity index (χ2n) is 5.90. The van der Waals surface area contributed by atoms with Crippen LogP contribution in [-0.4, -0.2) is 46.6 Å². The lowest BCUT2D eigenvalue weighted by molar-refractivity contribution is 0.142. The molecule has 1 heterocycles. The molecule has 0 bridgehead atoms. The molecule has 0 aliphatic heterocycles. The highest BCUT2D eigenvalue weighted by Gasteiger charge is 2.32. The molecule has 0 aliphatic carbocycles. The van der Waals surface area contributed by atoms with Crippen molar-refractivity contribution in [2.45, 2.75) is 17.1 Å². The first-order valence-corrected chi connectivity index (χ1v) is 9.10. The van der Waals surface area contributed by atoms with Crippen LogP contribution in [0.15, 0.2) is 35.2 Å². The molecule has 0 unspecified atom stereocenters. The third kappa shape index (κ3) is 4.22. The fourth-order valence-electron chi connectivity index (χ4n) is 2.26. The number of aromatic nitrogens is 2. The first-order chi connectivity index (χ1) is 11.6. The maximum absolute atomic E-state index is 13.6. The third-order valence-electron chi connectivity index (χ3n) is 3.40. The van der Waals surface area contributed by atoms with Gasteiger partial charge in [-0.1, -0.05) is 30.3 Å². The minimum Gasteiger partial charge on any atom is -0.361 e. The smallest absolute Gasteiger partial charge is 0.281 e. The van der Waals surface area contributed by atoms with E-state index in [1.807, 2.05) is 0 Å². The molecule has 0 radical (unpaired) electrons. The Balaban J connectivity index is 2.69. The van der Waals surface area contributed by atoms with Gasteiger partial charge in [-0.05, 0) is 5.56 Å². The van der Waals surface area contributed by atoms with Gasteiger partial charge in [0, 0.05) is 28.2 Å². The molecule has 0 amide bonds. The highest BCUT2D eigenvalue weighted by molar-refractivity contribution is 7.90. The molecule has 0 atom stereocenters. The average Bonchev–Trinajstić information content (AvgIpc) is 2.53. The summed E-state index contributed by atoms with van der Waals surface area (Å²) in [5, 5.41) is 0. The molecule has 25 heavy (non-hydrogen) atoms. The minimum atomic E-state index is -4.07. The summed E-state index contributed by atoms with van der Waals surface area (Å²) in [4.78, 5) is 10.3. The summed E-state index contributed by atoms with van der Waals surface area (Å²) in [5.41, 5.74) is -0.276.